The Morgan fingerprint density at radius 2 is 1.90 bits per heavy atom. The Kier molecular flexibility index (Phi) is 2.87. The van der Waals surface area contributed by atoms with Gasteiger partial charge in [0.15, 0.2) is 5.75 Å². The Balaban J connectivity index is 2.50. The monoisotopic (exact) mass is 157 g/mol. The van der Waals surface area contributed by atoms with Crippen LogP contribution < -0.4 is 4.89 Å². The van der Waals surface area contributed by atoms with Crippen molar-refractivity contribution in [3.05, 3.63) is 30.3 Å². The smallest absolute Gasteiger partial charge is 0.293 e. The van der Waals surface area contributed by atoms with E-state index >= 15 is 0 Å². The predicted octanol–water partition coefficient (Wildman–Crippen LogP) is 1.94. The number of para-hydroxylation sites is 1. The largest absolute Gasteiger partial charge is 0.540 e. The fourth-order valence-electron chi connectivity index (χ4n) is 0.541. The summed E-state index contributed by atoms with van der Waals surface area (Å²) in [5.74, 6) is 0.547. The molecule has 10 heavy (non-hydrogen) atoms. The third-order valence-electron chi connectivity index (χ3n) is 0.915. The maximum Gasteiger partial charge on any atom is 0.540 e. The summed E-state index contributed by atoms with van der Waals surface area (Å²) >= 11 is 0. The molecule has 1 unspecified atom stereocenters. The highest BCUT2D eigenvalue weighted by Gasteiger charge is 1.94. The summed E-state index contributed by atoms with van der Waals surface area (Å²) in [4.78, 5) is 4.55. The second-order valence-corrected chi connectivity index (χ2v) is 1.90. The average Bonchev–Trinajstić information content (AvgIpc) is 2.03. The molecule has 0 fully saturated rings. The lowest BCUT2D eigenvalue weighted by molar-refractivity contribution is -0.0866. The van der Waals surface area contributed by atoms with Gasteiger partial charge in [-0.25, -0.2) is 0 Å². The van der Waals surface area contributed by atoms with E-state index in [0.717, 1.165) is 0 Å². The van der Waals surface area contributed by atoms with Gasteiger partial charge in [0.1, 0.15) is 0 Å². The first-order chi connectivity index (χ1) is 4.93. The molecule has 0 amide bonds. The van der Waals surface area contributed by atoms with Gasteiger partial charge in [0.25, 0.3) is 0 Å². The molecule has 0 aromatic heterocycles. The first-order valence-corrected chi connectivity index (χ1v) is 3.51. The van der Waals surface area contributed by atoms with Gasteiger partial charge in [-0.1, -0.05) is 18.2 Å². The molecule has 1 rings (SSSR count). The van der Waals surface area contributed by atoms with Crippen molar-refractivity contribution < 1.29 is 14.1 Å². The highest BCUT2D eigenvalue weighted by atomic mass is 31.1. The van der Waals surface area contributed by atoms with Gasteiger partial charge in [0.05, 0.1) is 4.67 Å². The van der Waals surface area contributed by atoms with Gasteiger partial charge in [-0.05, 0) is 16.7 Å². The zero-order chi connectivity index (χ0) is 7.23. The summed E-state index contributed by atoms with van der Waals surface area (Å²) in [7, 11) is -0.889. The van der Waals surface area contributed by atoms with Crippen molar-refractivity contribution in [1.29, 1.82) is 0 Å². The van der Waals surface area contributed by atoms with E-state index in [9.17, 15) is 4.57 Å². The lowest BCUT2D eigenvalue weighted by Gasteiger charge is -1.90. The van der Waals surface area contributed by atoms with Gasteiger partial charge < -0.3 is 0 Å². The minimum atomic E-state index is -0.889. The molecule has 0 radical (unpaired) electrons. The lowest BCUT2D eigenvalue weighted by atomic mass is 10.3. The number of rotatable bonds is 3. The lowest BCUT2D eigenvalue weighted by Crippen LogP contribution is -1.83. The van der Waals surface area contributed by atoms with Crippen LogP contribution in [-0.2, 0) is 9.24 Å². The van der Waals surface area contributed by atoms with Crippen molar-refractivity contribution in [2.24, 2.45) is 0 Å². The predicted molar refractivity (Wildman–Crippen MR) is 37.2 cm³/mol. The van der Waals surface area contributed by atoms with E-state index < -0.39 is 8.69 Å². The number of benzene rings is 1. The van der Waals surface area contributed by atoms with Crippen LogP contribution in [0.5, 0.6) is 5.75 Å². The van der Waals surface area contributed by atoms with Crippen molar-refractivity contribution in [1.82, 2.24) is 0 Å². The van der Waals surface area contributed by atoms with Gasteiger partial charge in [0.2, 0.25) is 0 Å². The third-order valence-corrected chi connectivity index (χ3v) is 1.07. The molecule has 0 aliphatic heterocycles. The van der Waals surface area contributed by atoms with Gasteiger partial charge >= 0.3 is 8.69 Å². The van der Waals surface area contributed by atoms with Crippen LogP contribution in [0.15, 0.2) is 30.3 Å². The first-order valence-electron chi connectivity index (χ1n) is 2.69. The highest BCUT2D eigenvalue weighted by Crippen LogP contribution is 2.10. The van der Waals surface area contributed by atoms with E-state index in [4.69, 9.17) is 0 Å². The second-order valence-electron chi connectivity index (χ2n) is 1.56. The summed E-state index contributed by atoms with van der Waals surface area (Å²) in [5.41, 5.74) is 0. The maximum atomic E-state index is 9.78. The van der Waals surface area contributed by atoms with Crippen molar-refractivity contribution >= 4 is 8.69 Å². The van der Waals surface area contributed by atoms with Crippen LogP contribution in [0, 0.1) is 0 Å². The molecule has 1 aromatic rings. The highest BCUT2D eigenvalue weighted by molar-refractivity contribution is 7.17. The van der Waals surface area contributed by atoms with Gasteiger partial charge in [-0.15, -0.1) is 0 Å². The second kappa shape index (κ2) is 3.99. The molecule has 1 aromatic carbocycles. The Bertz CT molecular complexity index is 199. The fraction of sp³-hybridized carbons (Fsp3) is 0. The van der Waals surface area contributed by atoms with Crippen LogP contribution in [0.2, 0.25) is 0 Å². The van der Waals surface area contributed by atoms with Crippen LogP contribution in [0.3, 0.4) is 0 Å². The topological polar surface area (TPSA) is 35.5 Å². The summed E-state index contributed by atoms with van der Waals surface area (Å²) in [6.07, 6.45) is 0. The SMILES string of the molecule is O=[PH+]OOc1ccccc1. The maximum absolute atomic E-state index is 9.78. The molecule has 0 spiro atoms. The number of hydrogen-bond acceptors (Lipinski definition) is 3. The molecule has 0 bridgehead atoms. The van der Waals surface area contributed by atoms with E-state index in [1.54, 1.807) is 24.3 Å². The molecule has 1 atom stereocenters. The van der Waals surface area contributed by atoms with Crippen molar-refractivity contribution in [2.75, 3.05) is 0 Å². The Hall–Kier alpha value is -0.920. The van der Waals surface area contributed by atoms with Crippen LogP contribution in [-0.4, -0.2) is 0 Å². The Labute approximate surface area is 59.8 Å². The minimum Gasteiger partial charge on any atom is -0.293 e. The molecular formula is C6H6O3P+. The van der Waals surface area contributed by atoms with Crippen molar-refractivity contribution in [3.63, 3.8) is 0 Å². The Morgan fingerprint density at radius 1 is 1.20 bits per heavy atom. The quantitative estimate of drug-likeness (QED) is 0.382. The molecule has 52 valence electrons. The van der Waals surface area contributed by atoms with Crippen LogP contribution in [0.4, 0.5) is 0 Å². The molecule has 0 saturated carbocycles. The summed E-state index contributed by atoms with van der Waals surface area (Å²) in [6.45, 7) is 0. The summed E-state index contributed by atoms with van der Waals surface area (Å²) < 4.78 is 14.0. The fourth-order valence-corrected chi connectivity index (χ4v) is 0.671. The molecule has 0 N–H and O–H groups in total. The molecule has 0 aliphatic carbocycles. The van der Waals surface area contributed by atoms with Crippen molar-refractivity contribution in [3.8, 4) is 5.75 Å². The number of hydrogen-bond donors (Lipinski definition) is 0. The summed E-state index contributed by atoms with van der Waals surface area (Å²) in [5, 5.41) is 0. The molecule has 3 nitrogen and oxygen atoms in total. The Morgan fingerprint density at radius 3 is 2.50 bits per heavy atom. The zero-order valence-electron chi connectivity index (χ0n) is 5.11. The average molecular weight is 157 g/mol. The van der Waals surface area contributed by atoms with E-state index in [2.05, 4.69) is 9.56 Å². The van der Waals surface area contributed by atoms with Gasteiger partial charge in [0, 0.05) is 0 Å². The molecule has 4 heteroatoms. The van der Waals surface area contributed by atoms with Crippen LogP contribution in [0.25, 0.3) is 0 Å². The van der Waals surface area contributed by atoms with Crippen LogP contribution in [0.1, 0.15) is 0 Å². The van der Waals surface area contributed by atoms with Crippen molar-refractivity contribution in [2.45, 2.75) is 0 Å². The van der Waals surface area contributed by atoms with E-state index in [0.29, 0.717) is 5.75 Å². The molecular weight excluding hydrogens is 151 g/mol. The van der Waals surface area contributed by atoms with E-state index in [1.165, 1.54) is 0 Å². The third kappa shape index (κ3) is 2.13. The standard InChI is InChI=1S/C6H6O3P/c7-10-9-8-6-4-2-1-3-5-6/h1-5,10H/q+1. The zero-order valence-corrected chi connectivity index (χ0v) is 6.11. The molecule has 0 saturated heterocycles. The molecule has 0 aliphatic rings. The van der Waals surface area contributed by atoms with E-state index in [-0.39, 0.29) is 0 Å². The minimum absolute atomic E-state index is 0.547. The summed E-state index contributed by atoms with van der Waals surface area (Å²) in [6, 6.07) is 8.87. The first kappa shape index (κ1) is 7.19. The van der Waals surface area contributed by atoms with Crippen LogP contribution >= 0.6 is 8.69 Å². The van der Waals surface area contributed by atoms with E-state index in [1.807, 2.05) is 6.07 Å². The normalized spacial score (nSPS) is 9.60. The molecule has 0 heterocycles. The van der Waals surface area contributed by atoms with Gasteiger partial charge in [-0.2, -0.15) is 0 Å². The van der Waals surface area contributed by atoms with Gasteiger partial charge in [-0.3, -0.25) is 4.89 Å².